The van der Waals surface area contributed by atoms with Crippen molar-refractivity contribution in [2.24, 2.45) is 0 Å². The first kappa shape index (κ1) is 15.3. The van der Waals surface area contributed by atoms with Gasteiger partial charge in [-0.1, -0.05) is 17.7 Å². The van der Waals surface area contributed by atoms with Crippen molar-refractivity contribution in [1.82, 2.24) is 0 Å². The van der Waals surface area contributed by atoms with Gasteiger partial charge in [0, 0.05) is 16.7 Å². The number of carbonyl (C=O) groups excluding carboxylic acids is 1. The first-order valence-electron chi connectivity index (χ1n) is 6.34. The van der Waals surface area contributed by atoms with Crippen LogP contribution in [-0.4, -0.2) is 13.0 Å². The molecule has 110 valence electrons. The van der Waals surface area contributed by atoms with Gasteiger partial charge in [-0.3, -0.25) is 4.79 Å². The van der Waals surface area contributed by atoms with Crippen LogP contribution in [0.5, 0.6) is 5.75 Å². The van der Waals surface area contributed by atoms with Crippen LogP contribution in [0.3, 0.4) is 0 Å². The lowest BCUT2D eigenvalue weighted by Crippen LogP contribution is -2.13. The number of hydrogen-bond acceptors (Lipinski definition) is 2. The second-order valence-corrected chi connectivity index (χ2v) is 5.13. The Balaban J connectivity index is 2.31. The molecule has 0 heterocycles. The molecule has 0 aliphatic carbocycles. The highest BCUT2D eigenvalue weighted by Crippen LogP contribution is 2.31. The molecule has 3 nitrogen and oxygen atoms in total. The predicted molar refractivity (Wildman–Crippen MR) is 81.8 cm³/mol. The van der Waals surface area contributed by atoms with Gasteiger partial charge in [0.15, 0.2) is 0 Å². The molecule has 1 amide bonds. The van der Waals surface area contributed by atoms with Gasteiger partial charge in [0.25, 0.3) is 5.91 Å². The number of halogens is 2. The molecule has 0 bridgehead atoms. The van der Waals surface area contributed by atoms with Crippen LogP contribution in [0.2, 0.25) is 5.02 Å². The van der Waals surface area contributed by atoms with Crippen molar-refractivity contribution in [2.45, 2.75) is 13.8 Å². The molecule has 0 aliphatic heterocycles. The molecule has 21 heavy (non-hydrogen) atoms. The summed E-state index contributed by atoms with van der Waals surface area (Å²) in [4.78, 5) is 12.2. The maximum Gasteiger partial charge on any atom is 0.255 e. The largest absolute Gasteiger partial charge is 0.495 e. The fourth-order valence-corrected chi connectivity index (χ4v) is 2.01. The quantitative estimate of drug-likeness (QED) is 0.915. The number of amides is 1. The van der Waals surface area contributed by atoms with E-state index in [-0.39, 0.29) is 5.56 Å². The molecule has 2 aromatic carbocycles. The Morgan fingerprint density at radius 1 is 1.19 bits per heavy atom. The molecule has 1 N–H and O–H groups in total. The van der Waals surface area contributed by atoms with Crippen LogP contribution in [0.15, 0.2) is 30.3 Å². The Kier molecular flexibility index (Phi) is 4.48. The van der Waals surface area contributed by atoms with Gasteiger partial charge in [0.1, 0.15) is 11.6 Å². The minimum Gasteiger partial charge on any atom is -0.495 e. The maximum absolute atomic E-state index is 13.5. The van der Waals surface area contributed by atoms with Gasteiger partial charge in [-0.05, 0) is 43.2 Å². The minimum absolute atomic E-state index is 0.243. The molecular weight excluding hydrogens is 293 g/mol. The average molecular weight is 308 g/mol. The summed E-state index contributed by atoms with van der Waals surface area (Å²) in [6, 6.07) is 7.68. The van der Waals surface area contributed by atoms with Gasteiger partial charge in [-0.25, -0.2) is 4.39 Å². The van der Waals surface area contributed by atoms with Gasteiger partial charge in [0.2, 0.25) is 0 Å². The molecule has 0 radical (unpaired) electrons. The van der Waals surface area contributed by atoms with E-state index in [1.165, 1.54) is 13.2 Å². The topological polar surface area (TPSA) is 38.3 Å². The SMILES string of the molecule is COc1cc(Cl)c(C)cc1NC(=O)c1ccc(C)c(F)c1. The van der Waals surface area contributed by atoms with Crippen molar-refractivity contribution < 1.29 is 13.9 Å². The Morgan fingerprint density at radius 2 is 1.90 bits per heavy atom. The monoisotopic (exact) mass is 307 g/mol. The van der Waals surface area contributed by atoms with Crippen molar-refractivity contribution in [3.8, 4) is 5.75 Å². The standard InChI is InChI=1S/C16H15ClFNO2/c1-9-4-5-11(7-13(9)18)16(20)19-14-6-10(2)12(17)8-15(14)21-3/h4-8H,1-3H3,(H,19,20). The molecule has 0 saturated carbocycles. The van der Waals surface area contributed by atoms with Gasteiger partial charge in [0.05, 0.1) is 12.8 Å². The summed E-state index contributed by atoms with van der Waals surface area (Å²) in [6.45, 7) is 3.46. The maximum atomic E-state index is 13.5. The first-order valence-corrected chi connectivity index (χ1v) is 6.72. The lowest BCUT2D eigenvalue weighted by molar-refractivity contribution is 0.102. The summed E-state index contributed by atoms with van der Waals surface area (Å²) in [5, 5.41) is 3.25. The third-order valence-corrected chi connectivity index (χ3v) is 3.57. The zero-order chi connectivity index (χ0) is 15.6. The van der Waals surface area contributed by atoms with Crippen LogP contribution in [0.1, 0.15) is 21.5 Å². The lowest BCUT2D eigenvalue weighted by atomic mass is 10.1. The van der Waals surface area contributed by atoms with E-state index in [4.69, 9.17) is 16.3 Å². The molecule has 0 saturated heterocycles. The lowest BCUT2D eigenvalue weighted by Gasteiger charge is -2.12. The van der Waals surface area contributed by atoms with Gasteiger partial charge >= 0.3 is 0 Å². The number of aryl methyl sites for hydroxylation is 2. The molecule has 0 aliphatic rings. The third kappa shape index (κ3) is 3.34. The van der Waals surface area contributed by atoms with E-state index >= 15 is 0 Å². The third-order valence-electron chi connectivity index (χ3n) is 3.16. The number of benzene rings is 2. The average Bonchev–Trinajstić information content (AvgIpc) is 2.45. The molecule has 0 aromatic heterocycles. The Morgan fingerprint density at radius 3 is 2.52 bits per heavy atom. The van der Waals surface area contributed by atoms with Crippen LogP contribution >= 0.6 is 11.6 Å². The molecule has 2 aromatic rings. The normalized spacial score (nSPS) is 10.3. The van der Waals surface area contributed by atoms with E-state index in [0.717, 1.165) is 5.56 Å². The zero-order valence-corrected chi connectivity index (χ0v) is 12.7. The molecule has 2 rings (SSSR count). The van der Waals surface area contributed by atoms with E-state index in [1.54, 1.807) is 31.2 Å². The second kappa shape index (κ2) is 6.14. The summed E-state index contributed by atoms with van der Waals surface area (Å²) in [7, 11) is 1.49. The van der Waals surface area contributed by atoms with Crippen molar-refractivity contribution in [3.05, 3.63) is 57.9 Å². The fraction of sp³-hybridized carbons (Fsp3) is 0.188. The Hall–Kier alpha value is -2.07. The number of methoxy groups -OCH3 is 1. The molecular formula is C16H15ClFNO2. The van der Waals surface area contributed by atoms with E-state index in [0.29, 0.717) is 22.0 Å². The number of ether oxygens (including phenoxy) is 1. The van der Waals surface area contributed by atoms with E-state index in [9.17, 15) is 9.18 Å². The van der Waals surface area contributed by atoms with Crippen molar-refractivity contribution >= 4 is 23.2 Å². The number of hydrogen-bond donors (Lipinski definition) is 1. The summed E-state index contributed by atoms with van der Waals surface area (Å²) in [5.41, 5.74) is 2.03. The Bertz CT molecular complexity index is 701. The van der Waals surface area contributed by atoms with E-state index in [1.807, 2.05) is 6.92 Å². The number of rotatable bonds is 3. The molecule has 5 heteroatoms. The van der Waals surface area contributed by atoms with Crippen molar-refractivity contribution in [1.29, 1.82) is 0 Å². The van der Waals surface area contributed by atoms with Crippen LogP contribution in [0.25, 0.3) is 0 Å². The smallest absolute Gasteiger partial charge is 0.255 e. The minimum atomic E-state index is -0.415. The molecule has 0 spiro atoms. The Labute approximate surface area is 127 Å². The second-order valence-electron chi connectivity index (χ2n) is 4.72. The first-order chi connectivity index (χ1) is 9.92. The van der Waals surface area contributed by atoms with Crippen LogP contribution in [0, 0.1) is 19.7 Å². The highest BCUT2D eigenvalue weighted by Gasteiger charge is 2.13. The van der Waals surface area contributed by atoms with Gasteiger partial charge in [-0.15, -0.1) is 0 Å². The summed E-state index contributed by atoms with van der Waals surface area (Å²) < 4.78 is 18.7. The fourth-order valence-electron chi connectivity index (χ4n) is 1.86. The molecule has 0 atom stereocenters. The summed E-state index contributed by atoms with van der Waals surface area (Å²) in [5.74, 6) is -0.373. The number of carbonyl (C=O) groups is 1. The molecule has 0 fully saturated rings. The molecule has 0 unspecified atom stereocenters. The zero-order valence-electron chi connectivity index (χ0n) is 12.0. The van der Waals surface area contributed by atoms with E-state index < -0.39 is 11.7 Å². The summed E-state index contributed by atoms with van der Waals surface area (Å²) >= 11 is 6.01. The van der Waals surface area contributed by atoms with Gasteiger partial charge < -0.3 is 10.1 Å². The highest BCUT2D eigenvalue weighted by molar-refractivity contribution is 6.31. The number of anilines is 1. The predicted octanol–water partition coefficient (Wildman–Crippen LogP) is 4.36. The van der Waals surface area contributed by atoms with Crippen molar-refractivity contribution in [2.75, 3.05) is 12.4 Å². The van der Waals surface area contributed by atoms with E-state index in [2.05, 4.69) is 5.32 Å². The number of nitrogens with one attached hydrogen (secondary N) is 1. The highest BCUT2D eigenvalue weighted by atomic mass is 35.5. The van der Waals surface area contributed by atoms with Crippen LogP contribution in [-0.2, 0) is 0 Å². The van der Waals surface area contributed by atoms with Crippen LogP contribution < -0.4 is 10.1 Å². The van der Waals surface area contributed by atoms with Crippen LogP contribution in [0.4, 0.5) is 10.1 Å². The summed E-state index contributed by atoms with van der Waals surface area (Å²) in [6.07, 6.45) is 0. The van der Waals surface area contributed by atoms with Gasteiger partial charge in [-0.2, -0.15) is 0 Å². The van der Waals surface area contributed by atoms with Crippen molar-refractivity contribution in [3.63, 3.8) is 0 Å².